The predicted octanol–water partition coefficient (Wildman–Crippen LogP) is 7.94. The van der Waals surface area contributed by atoms with Crippen LogP contribution in [0.5, 0.6) is 0 Å². The minimum atomic E-state index is -2.01. The molecule has 0 unspecified atom stereocenters. The number of hydrogen-bond acceptors (Lipinski definition) is 4. The Hall–Kier alpha value is -0.766. The first-order chi connectivity index (χ1) is 16.0. The average Bonchev–Trinajstić information content (AvgIpc) is 3.09. The molecule has 3 rings (SSSR count). The Labute approximate surface area is 217 Å². The van der Waals surface area contributed by atoms with Crippen LogP contribution in [0, 0.1) is 5.92 Å². The number of benzene rings is 1. The first kappa shape index (κ1) is 28.8. The lowest BCUT2D eigenvalue weighted by Crippen LogP contribution is -2.61. The number of hydroxylamine groups is 2. The zero-order valence-electron chi connectivity index (χ0n) is 24.1. The normalized spacial score (nSPS) is 28.7. The highest BCUT2D eigenvalue weighted by Crippen LogP contribution is 2.50. The van der Waals surface area contributed by atoms with E-state index in [-0.39, 0.29) is 27.8 Å². The van der Waals surface area contributed by atoms with Crippen LogP contribution in [0.15, 0.2) is 43.0 Å². The molecule has 4 atom stereocenters. The lowest BCUT2D eigenvalue weighted by molar-refractivity contribution is -0.166. The summed E-state index contributed by atoms with van der Waals surface area (Å²) in [6.07, 6.45) is 4.89. The van der Waals surface area contributed by atoms with Gasteiger partial charge in [0.2, 0.25) is 0 Å². The Bertz CT molecular complexity index is 859. The first-order valence-corrected chi connectivity index (χ1v) is 19.2. The van der Waals surface area contributed by atoms with Crippen LogP contribution in [0.1, 0.15) is 66.4 Å². The maximum absolute atomic E-state index is 7.29. The maximum Gasteiger partial charge on any atom is 0.192 e. The van der Waals surface area contributed by atoms with Gasteiger partial charge in [-0.2, -0.15) is 5.06 Å². The van der Waals surface area contributed by atoms with Gasteiger partial charge in [-0.15, -0.1) is 6.58 Å². The van der Waals surface area contributed by atoms with Gasteiger partial charge < -0.3 is 8.85 Å². The molecule has 2 aliphatic rings. The molecular formula is C29H51NO3Si2. The largest absolute Gasteiger partial charge is 0.412 e. The lowest BCUT2D eigenvalue weighted by Gasteiger charge is -2.53. The molecule has 2 fully saturated rings. The van der Waals surface area contributed by atoms with Crippen molar-refractivity contribution in [2.75, 3.05) is 6.61 Å². The molecular weight excluding hydrogens is 466 g/mol. The SMILES string of the molecule is C=CC[C@@]1(O[Si](C)(C)C(C)(C)C)C[C@H]2CON(Cc3ccccc3)[C@@H]2[C@@H](O[Si](C)(C)C(C)(C)C)C1. The Morgan fingerprint density at radius 3 is 2.14 bits per heavy atom. The van der Waals surface area contributed by atoms with E-state index in [1.165, 1.54) is 5.56 Å². The summed E-state index contributed by atoms with van der Waals surface area (Å²) in [5.41, 5.74) is 1.03. The van der Waals surface area contributed by atoms with Crippen molar-refractivity contribution in [1.82, 2.24) is 5.06 Å². The standard InChI is InChI=1S/C29H51NO3Si2/c1-12-18-29(33-35(10,11)28(5,6)7)19-24-22-31-30(21-23-16-14-13-15-17-23)26(24)25(20-29)32-34(8,9)27(2,3)4/h12-17,24-26H,1,18-22H2,2-11H3/t24-,25-,26-,29+/m0/s1. The minimum absolute atomic E-state index is 0.0746. The van der Waals surface area contributed by atoms with Crippen molar-refractivity contribution in [3.8, 4) is 0 Å². The van der Waals surface area contributed by atoms with E-state index in [1.54, 1.807) is 0 Å². The molecule has 4 nitrogen and oxygen atoms in total. The number of nitrogens with zero attached hydrogens (tertiary/aromatic N) is 1. The van der Waals surface area contributed by atoms with Gasteiger partial charge in [-0.1, -0.05) is 78.0 Å². The molecule has 35 heavy (non-hydrogen) atoms. The molecule has 1 aromatic rings. The predicted molar refractivity (Wildman–Crippen MR) is 152 cm³/mol. The molecule has 198 valence electrons. The van der Waals surface area contributed by atoms with Gasteiger partial charge in [0.15, 0.2) is 16.6 Å². The van der Waals surface area contributed by atoms with Crippen molar-refractivity contribution >= 4 is 16.6 Å². The van der Waals surface area contributed by atoms with Gasteiger partial charge in [-0.05, 0) is 54.7 Å². The molecule has 0 radical (unpaired) electrons. The van der Waals surface area contributed by atoms with Crippen LogP contribution in [0.2, 0.25) is 36.3 Å². The highest BCUT2D eigenvalue weighted by atomic mass is 28.4. The summed E-state index contributed by atoms with van der Waals surface area (Å²) >= 11 is 0. The Morgan fingerprint density at radius 1 is 1.00 bits per heavy atom. The minimum Gasteiger partial charge on any atom is -0.412 e. The zero-order valence-corrected chi connectivity index (χ0v) is 26.1. The van der Waals surface area contributed by atoms with E-state index in [4.69, 9.17) is 13.7 Å². The highest BCUT2D eigenvalue weighted by molar-refractivity contribution is 6.74. The Balaban J connectivity index is 1.97. The van der Waals surface area contributed by atoms with E-state index in [9.17, 15) is 0 Å². The van der Waals surface area contributed by atoms with Crippen molar-refractivity contribution < 1.29 is 13.7 Å². The van der Waals surface area contributed by atoms with Gasteiger partial charge in [0, 0.05) is 18.9 Å². The van der Waals surface area contributed by atoms with Crippen LogP contribution < -0.4 is 0 Å². The summed E-state index contributed by atoms with van der Waals surface area (Å²) in [4.78, 5) is 6.40. The van der Waals surface area contributed by atoms with E-state index in [1.807, 2.05) is 0 Å². The highest BCUT2D eigenvalue weighted by Gasteiger charge is 2.56. The lowest BCUT2D eigenvalue weighted by atomic mass is 9.72. The molecule has 0 amide bonds. The summed E-state index contributed by atoms with van der Waals surface area (Å²) in [5, 5.41) is 2.52. The van der Waals surface area contributed by atoms with E-state index in [2.05, 4.69) is 116 Å². The van der Waals surface area contributed by atoms with Crippen molar-refractivity contribution in [2.24, 2.45) is 5.92 Å². The number of hydrogen-bond donors (Lipinski definition) is 0. The summed E-state index contributed by atoms with van der Waals surface area (Å²) in [5.74, 6) is 0.381. The van der Waals surface area contributed by atoms with Crippen molar-refractivity contribution in [1.29, 1.82) is 0 Å². The smallest absolute Gasteiger partial charge is 0.192 e. The summed E-state index contributed by atoms with van der Waals surface area (Å²) in [6.45, 7) is 29.1. The van der Waals surface area contributed by atoms with E-state index >= 15 is 0 Å². The number of rotatable bonds is 8. The van der Waals surface area contributed by atoms with Crippen molar-refractivity contribution in [3.05, 3.63) is 48.6 Å². The van der Waals surface area contributed by atoms with Crippen LogP contribution in [0.4, 0.5) is 0 Å². The summed E-state index contributed by atoms with van der Waals surface area (Å²) in [6, 6.07) is 10.9. The zero-order chi connectivity index (χ0) is 26.3. The quantitative estimate of drug-likeness (QED) is 0.259. The van der Waals surface area contributed by atoms with Crippen molar-refractivity contribution in [2.45, 2.75) is 121 Å². The fraction of sp³-hybridized carbons (Fsp3) is 0.724. The van der Waals surface area contributed by atoms with Crippen LogP contribution in [0.25, 0.3) is 0 Å². The average molecular weight is 518 g/mol. The van der Waals surface area contributed by atoms with E-state index in [0.29, 0.717) is 5.92 Å². The van der Waals surface area contributed by atoms with Crippen LogP contribution >= 0.6 is 0 Å². The second-order valence-electron chi connectivity index (χ2n) is 14.0. The molecule has 1 aromatic carbocycles. The molecule has 0 N–H and O–H groups in total. The second-order valence-corrected chi connectivity index (χ2v) is 23.5. The third kappa shape index (κ3) is 6.39. The van der Waals surface area contributed by atoms with Gasteiger partial charge in [-0.25, -0.2) is 0 Å². The molecule has 1 saturated carbocycles. The maximum atomic E-state index is 7.29. The fourth-order valence-corrected chi connectivity index (χ4v) is 8.13. The second kappa shape index (κ2) is 10.2. The number of fused-ring (bicyclic) bond motifs is 1. The van der Waals surface area contributed by atoms with E-state index < -0.39 is 16.6 Å². The monoisotopic (exact) mass is 517 g/mol. The van der Waals surface area contributed by atoms with Crippen LogP contribution in [-0.2, 0) is 20.2 Å². The van der Waals surface area contributed by atoms with Gasteiger partial charge in [-0.3, -0.25) is 4.84 Å². The van der Waals surface area contributed by atoms with Crippen molar-refractivity contribution in [3.63, 3.8) is 0 Å². The molecule has 1 heterocycles. The molecule has 1 aliphatic heterocycles. The Kier molecular flexibility index (Phi) is 8.38. The van der Waals surface area contributed by atoms with Crippen LogP contribution in [-0.4, -0.2) is 46.1 Å². The first-order valence-electron chi connectivity index (χ1n) is 13.4. The third-order valence-electron chi connectivity index (χ3n) is 9.09. The molecule has 1 aliphatic carbocycles. The van der Waals surface area contributed by atoms with Crippen LogP contribution in [0.3, 0.4) is 0 Å². The fourth-order valence-electron chi connectivity index (χ4n) is 5.16. The topological polar surface area (TPSA) is 30.9 Å². The third-order valence-corrected chi connectivity index (χ3v) is 18.1. The van der Waals surface area contributed by atoms with Gasteiger partial charge in [0.1, 0.15) is 0 Å². The van der Waals surface area contributed by atoms with Gasteiger partial charge in [0.05, 0.1) is 24.4 Å². The molecule has 0 spiro atoms. The van der Waals surface area contributed by atoms with Gasteiger partial charge in [0.25, 0.3) is 0 Å². The Morgan fingerprint density at radius 2 is 1.60 bits per heavy atom. The summed E-state index contributed by atoms with van der Waals surface area (Å²) in [7, 11) is -4.00. The summed E-state index contributed by atoms with van der Waals surface area (Å²) < 4.78 is 14.5. The molecule has 0 bridgehead atoms. The molecule has 1 saturated heterocycles. The molecule has 0 aromatic heterocycles. The van der Waals surface area contributed by atoms with Gasteiger partial charge >= 0.3 is 0 Å². The van der Waals surface area contributed by atoms with E-state index in [0.717, 1.165) is 32.4 Å². The molecule has 6 heteroatoms.